The highest BCUT2D eigenvalue weighted by Gasteiger charge is 2.14. The van der Waals surface area contributed by atoms with E-state index in [9.17, 15) is 9.59 Å². The van der Waals surface area contributed by atoms with Gasteiger partial charge in [0.2, 0.25) is 0 Å². The van der Waals surface area contributed by atoms with Gasteiger partial charge in [0.1, 0.15) is 17.9 Å². The van der Waals surface area contributed by atoms with E-state index in [1.54, 1.807) is 0 Å². The van der Waals surface area contributed by atoms with Crippen LogP contribution >= 0.6 is 0 Å². The van der Waals surface area contributed by atoms with Crippen LogP contribution in [0.2, 0.25) is 0 Å². The minimum Gasteiger partial charge on any atom is -0.482 e. The van der Waals surface area contributed by atoms with E-state index in [0.29, 0.717) is 16.9 Å². The van der Waals surface area contributed by atoms with Gasteiger partial charge in [0.15, 0.2) is 6.61 Å². The summed E-state index contributed by atoms with van der Waals surface area (Å²) in [6.45, 7) is 9.77. The molecule has 0 aliphatic carbocycles. The Morgan fingerprint density at radius 2 is 1.83 bits per heavy atom. The van der Waals surface area contributed by atoms with Crippen molar-refractivity contribution in [3.05, 3.63) is 74.6 Å². The van der Waals surface area contributed by atoms with E-state index < -0.39 is 11.6 Å². The summed E-state index contributed by atoms with van der Waals surface area (Å²) in [4.78, 5) is 24.2. The maximum atomic E-state index is 12.2. The first-order valence-corrected chi connectivity index (χ1v) is 9.68. The zero-order valence-electron chi connectivity index (χ0n) is 17.5. The van der Waals surface area contributed by atoms with Crippen molar-refractivity contribution in [3.8, 4) is 5.75 Å². The first-order chi connectivity index (χ1) is 13.8. The number of fused-ring (bicyclic) bond motifs is 1. The van der Waals surface area contributed by atoms with Crippen LogP contribution in [0.25, 0.3) is 11.0 Å². The molecule has 3 rings (SSSR count). The predicted molar refractivity (Wildman–Crippen MR) is 113 cm³/mol. The lowest BCUT2D eigenvalue weighted by molar-refractivity contribution is -0.147. The SMILES string of the molecule is Cc1ccc(C(C)C)c(OCC(=O)OCc2cc(=O)oc3c(C)c(C)ccc23)c1. The molecule has 0 N–H and O–H groups in total. The van der Waals surface area contributed by atoms with Gasteiger partial charge in [-0.25, -0.2) is 9.59 Å². The first kappa shape index (κ1) is 20.6. The molecule has 0 saturated carbocycles. The number of rotatable bonds is 6. The van der Waals surface area contributed by atoms with Crippen LogP contribution < -0.4 is 10.4 Å². The summed E-state index contributed by atoms with van der Waals surface area (Å²) < 4.78 is 16.4. The molecule has 0 radical (unpaired) electrons. The average Bonchev–Trinajstić information content (AvgIpc) is 2.67. The molecule has 3 aromatic rings. The Morgan fingerprint density at radius 3 is 2.55 bits per heavy atom. The van der Waals surface area contributed by atoms with E-state index in [1.807, 2.05) is 51.1 Å². The molecule has 0 aliphatic heterocycles. The predicted octanol–water partition coefficient (Wildman–Crippen LogP) is 4.96. The summed E-state index contributed by atoms with van der Waals surface area (Å²) >= 11 is 0. The number of carbonyl (C=O) groups is 1. The number of carbonyl (C=O) groups excluding carboxylic acids is 1. The molecule has 5 nitrogen and oxygen atoms in total. The van der Waals surface area contributed by atoms with Crippen molar-refractivity contribution < 1.29 is 18.7 Å². The second kappa shape index (κ2) is 8.52. The highest BCUT2D eigenvalue weighted by molar-refractivity contribution is 5.84. The largest absolute Gasteiger partial charge is 0.482 e. The number of benzene rings is 2. The minimum atomic E-state index is -0.494. The van der Waals surface area contributed by atoms with Crippen molar-refractivity contribution in [3.63, 3.8) is 0 Å². The van der Waals surface area contributed by atoms with Crippen LogP contribution in [0.4, 0.5) is 0 Å². The van der Waals surface area contributed by atoms with Crippen molar-refractivity contribution in [2.75, 3.05) is 6.61 Å². The summed E-state index contributed by atoms with van der Waals surface area (Å²) in [6, 6.07) is 11.2. The number of ether oxygens (including phenoxy) is 2. The summed E-state index contributed by atoms with van der Waals surface area (Å²) in [5.74, 6) is 0.475. The molecule has 2 aromatic carbocycles. The van der Waals surface area contributed by atoms with Gasteiger partial charge in [-0.15, -0.1) is 0 Å². The summed E-state index contributed by atoms with van der Waals surface area (Å²) in [6.07, 6.45) is 0. The molecule has 29 heavy (non-hydrogen) atoms. The fourth-order valence-corrected chi connectivity index (χ4v) is 3.22. The third-order valence-corrected chi connectivity index (χ3v) is 5.04. The van der Waals surface area contributed by atoms with Gasteiger partial charge >= 0.3 is 11.6 Å². The zero-order valence-corrected chi connectivity index (χ0v) is 17.5. The molecule has 5 heteroatoms. The van der Waals surface area contributed by atoms with Crippen LogP contribution in [0.5, 0.6) is 5.75 Å². The van der Waals surface area contributed by atoms with Gasteiger partial charge in [-0.2, -0.15) is 0 Å². The third-order valence-electron chi connectivity index (χ3n) is 5.04. The quantitative estimate of drug-likeness (QED) is 0.436. The molecule has 0 saturated heterocycles. The van der Waals surface area contributed by atoms with Gasteiger partial charge in [-0.1, -0.05) is 38.1 Å². The standard InChI is InChI=1S/C24H26O5/c1-14(2)19-8-6-15(3)10-21(19)27-13-23(26)28-12-18-11-22(25)29-24-17(5)16(4)7-9-20(18)24/h6-11,14H,12-13H2,1-5H3. The number of aryl methyl sites for hydroxylation is 3. The van der Waals surface area contributed by atoms with E-state index in [0.717, 1.165) is 27.6 Å². The van der Waals surface area contributed by atoms with E-state index in [-0.39, 0.29) is 19.1 Å². The average molecular weight is 394 g/mol. The Balaban J connectivity index is 1.72. The smallest absolute Gasteiger partial charge is 0.344 e. The maximum absolute atomic E-state index is 12.2. The number of hydrogen-bond acceptors (Lipinski definition) is 5. The summed E-state index contributed by atoms with van der Waals surface area (Å²) in [5, 5.41) is 0.766. The summed E-state index contributed by atoms with van der Waals surface area (Å²) in [5.41, 5.74) is 4.72. The maximum Gasteiger partial charge on any atom is 0.344 e. The fourth-order valence-electron chi connectivity index (χ4n) is 3.22. The molecule has 0 atom stereocenters. The van der Waals surface area contributed by atoms with Crippen LogP contribution in [0.1, 0.15) is 47.6 Å². The lowest BCUT2D eigenvalue weighted by atomic mass is 10.0. The van der Waals surface area contributed by atoms with Crippen LogP contribution in [0, 0.1) is 20.8 Å². The van der Waals surface area contributed by atoms with Crippen LogP contribution in [-0.2, 0) is 16.1 Å². The molecule has 0 unspecified atom stereocenters. The Hall–Kier alpha value is -3.08. The van der Waals surface area contributed by atoms with Crippen LogP contribution in [0.3, 0.4) is 0 Å². The Labute approximate surface area is 170 Å². The Morgan fingerprint density at radius 1 is 1.07 bits per heavy atom. The molecule has 152 valence electrons. The second-order valence-corrected chi connectivity index (χ2v) is 7.62. The second-order valence-electron chi connectivity index (χ2n) is 7.62. The third kappa shape index (κ3) is 4.67. The molecule has 0 bridgehead atoms. The molecular weight excluding hydrogens is 368 g/mol. The monoisotopic (exact) mass is 394 g/mol. The van der Waals surface area contributed by atoms with Crippen molar-refractivity contribution in [1.82, 2.24) is 0 Å². The van der Waals surface area contributed by atoms with Gasteiger partial charge in [0.25, 0.3) is 0 Å². The van der Waals surface area contributed by atoms with Crippen LogP contribution in [0.15, 0.2) is 45.6 Å². The topological polar surface area (TPSA) is 65.7 Å². The van der Waals surface area contributed by atoms with Crippen molar-refractivity contribution in [1.29, 1.82) is 0 Å². The van der Waals surface area contributed by atoms with Gasteiger partial charge < -0.3 is 13.9 Å². The molecular formula is C24H26O5. The Bertz CT molecular complexity index is 1110. The summed E-state index contributed by atoms with van der Waals surface area (Å²) in [7, 11) is 0. The molecule has 0 amide bonds. The van der Waals surface area contributed by atoms with Gasteiger partial charge in [-0.3, -0.25) is 0 Å². The van der Waals surface area contributed by atoms with Gasteiger partial charge in [0.05, 0.1) is 0 Å². The van der Waals surface area contributed by atoms with Crippen molar-refractivity contribution in [2.24, 2.45) is 0 Å². The molecule has 0 fully saturated rings. The highest BCUT2D eigenvalue weighted by Crippen LogP contribution is 2.27. The van der Waals surface area contributed by atoms with Crippen molar-refractivity contribution >= 4 is 16.9 Å². The lowest BCUT2D eigenvalue weighted by Crippen LogP contribution is -2.16. The normalized spacial score (nSPS) is 11.1. The number of hydrogen-bond donors (Lipinski definition) is 0. The van der Waals surface area contributed by atoms with E-state index in [1.165, 1.54) is 6.07 Å². The molecule has 0 aliphatic rings. The lowest BCUT2D eigenvalue weighted by Gasteiger charge is -2.15. The van der Waals surface area contributed by atoms with E-state index >= 15 is 0 Å². The van der Waals surface area contributed by atoms with Crippen molar-refractivity contribution in [2.45, 2.75) is 47.1 Å². The first-order valence-electron chi connectivity index (χ1n) is 9.68. The Kier molecular flexibility index (Phi) is 6.06. The van der Waals surface area contributed by atoms with E-state index in [4.69, 9.17) is 13.9 Å². The number of esters is 1. The fraction of sp³-hybridized carbons (Fsp3) is 0.333. The molecule has 1 heterocycles. The van der Waals surface area contributed by atoms with Crippen LogP contribution in [-0.4, -0.2) is 12.6 Å². The minimum absolute atomic E-state index is 0.0162. The molecule has 1 aromatic heterocycles. The van der Waals surface area contributed by atoms with Gasteiger partial charge in [0, 0.05) is 17.0 Å². The molecule has 0 spiro atoms. The zero-order chi connectivity index (χ0) is 21.1. The van der Waals surface area contributed by atoms with Gasteiger partial charge in [-0.05, 0) is 55.0 Å². The van der Waals surface area contributed by atoms with E-state index in [2.05, 4.69) is 13.8 Å². The highest BCUT2D eigenvalue weighted by atomic mass is 16.6.